The van der Waals surface area contributed by atoms with Gasteiger partial charge in [0.15, 0.2) is 17.4 Å². The third-order valence-corrected chi connectivity index (χ3v) is 4.43. The van der Waals surface area contributed by atoms with Gasteiger partial charge in [0, 0.05) is 5.39 Å². The van der Waals surface area contributed by atoms with Crippen LogP contribution in [0.3, 0.4) is 0 Å². The highest BCUT2D eigenvalue weighted by molar-refractivity contribution is 6.32. The molecule has 0 aliphatic carbocycles. The van der Waals surface area contributed by atoms with E-state index in [1.54, 1.807) is 42.5 Å². The second-order valence-corrected chi connectivity index (χ2v) is 6.14. The molecular weight excluding hydrogens is 362 g/mol. The summed E-state index contributed by atoms with van der Waals surface area (Å²) in [4.78, 5) is 0. The molecular formula is C19H11ClF2N2O2. The lowest BCUT2D eigenvalue weighted by Gasteiger charge is -2.08. The molecule has 1 heterocycles. The van der Waals surface area contributed by atoms with Crippen molar-refractivity contribution in [3.05, 3.63) is 71.4 Å². The molecule has 7 heteroatoms. The van der Waals surface area contributed by atoms with Crippen molar-refractivity contribution in [3.63, 3.8) is 0 Å². The number of rotatable bonds is 2. The molecule has 4 aromatic rings. The van der Waals surface area contributed by atoms with Gasteiger partial charge in [-0.25, -0.2) is 13.5 Å². The number of halogens is 3. The molecule has 0 spiro atoms. The third-order valence-electron chi connectivity index (χ3n) is 4.11. The Kier molecular flexibility index (Phi) is 3.77. The fraction of sp³-hybridized carbons (Fsp3) is 0. The maximum absolute atomic E-state index is 14.3. The van der Waals surface area contributed by atoms with Crippen LogP contribution in [0.25, 0.3) is 27.7 Å². The minimum atomic E-state index is -1.07. The van der Waals surface area contributed by atoms with E-state index in [0.717, 1.165) is 17.2 Å². The van der Waals surface area contributed by atoms with Crippen molar-refractivity contribution in [2.45, 2.75) is 0 Å². The maximum atomic E-state index is 14.3. The molecule has 0 radical (unpaired) electrons. The normalized spacial score (nSPS) is 11.2. The Morgan fingerprint density at radius 1 is 0.923 bits per heavy atom. The Bertz CT molecular complexity index is 1140. The fourth-order valence-electron chi connectivity index (χ4n) is 2.79. The molecule has 0 aliphatic heterocycles. The summed E-state index contributed by atoms with van der Waals surface area (Å²) >= 11 is 5.81. The summed E-state index contributed by atoms with van der Waals surface area (Å²) in [5, 5.41) is 23.8. The Morgan fingerprint density at radius 2 is 1.62 bits per heavy atom. The lowest BCUT2D eigenvalue weighted by molar-refractivity contribution is 0.399. The summed E-state index contributed by atoms with van der Waals surface area (Å²) in [7, 11) is 0. The smallest absolute Gasteiger partial charge is 0.194 e. The van der Waals surface area contributed by atoms with E-state index in [2.05, 4.69) is 5.10 Å². The molecule has 4 nitrogen and oxygen atoms in total. The van der Waals surface area contributed by atoms with Gasteiger partial charge in [-0.1, -0.05) is 29.8 Å². The van der Waals surface area contributed by atoms with Crippen molar-refractivity contribution in [1.82, 2.24) is 9.78 Å². The first-order chi connectivity index (χ1) is 12.5. The van der Waals surface area contributed by atoms with E-state index in [0.29, 0.717) is 5.69 Å². The van der Waals surface area contributed by atoms with E-state index in [1.165, 1.54) is 10.9 Å². The highest BCUT2D eigenvalue weighted by Crippen LogP contribution is 2.32. The number of phenolic OH excluding ortho intramolecular Hbond substituents is 2. The number of aromatic hydroxyl groups is 2. The van der Waals surface area contributed by atoms with Crippen LogP contribution in [-0.2, 0) is 0 Å². The Morgan fingerprint density at radius 3 is 2.31 bits per heavy atom. The average Bonchev–Trinajstić information content (AvgIpc) is 3.06. The summed E-state index contributed by atoms with van der Waals surface area (Å²) in [5.41, 5.74) is 2.09. The summed E-state index contributed by atoms with van der Waals surface area (Å²) in [6.45, 7) is 0. The molecule has 26 heavy (non-hydrogen) atoms. The zero-order chi connectivity index (χ0) is 18.4. The lowest BCUT2D eigenvalue weighted by Crippen LogP contribution is -1.98. The fourth-order valence-corrected chi connectivity index (χ4v) is 2.91. The van der Waals surface area contributed by atoms with Crippen LogP contribution in [-0.4, -0.2) is 20.0 Å². The molecule has 0 fully saturated rings. The highest BCUT2D eigenvalue weighted by atomic mass is 35.5. The summed E-state index contributed by atoms with van der Waals surface area (Å²) < 4.78 is 29.0. The van der Waals surface area contributed by atoms with Gasteiger partial charge in [0.25, 0.3) is 0 Å². The molecule has 4 rings (SSSR count). The molecule has 130 valence electrons. The van der Waals surface area contributed by atoms with Gasteiger partial charge in [0.2, 0.25) is 0 Å². The first-order valence-electron chi connectivity index (χ1n) is 7.59. The molecule has 0 amide bonds. The number of nitrogens with zero attached hydrogens (tertiary/aromatic N) is 2. The topological polar surface area (TPSA) is 58.3 Å². The van der Waals surface area contributed by atoms with E-state index in [4.69, 9.17) is 11.6 Å². The van der Waals surface area contributed by atoms with Crippen molar-refractivity contribution < 1.29 is 19.0 Å². The Labute approximate surface area is 151 Å². The van der Waals surface area contributed by atoms with E-state index in [-0.39, 0.29) is 21.7 Å². The molecule has 0 saturated carbocycles. The number of benzene rings is 3. The van der Waals surface area contributed by atoms with E-state index in [9.17, 15) is 19.0 Å². The lowest BCUT2D eigenvalue weighted by atomic mass is 10.1. The number of phenols is 2. The van der Waals surface area contributed by atoms with Crippen LogP contribution in [0.15, 0.2) is 54.7 Å². The SMILES string of the molecule is Oc1cc(-c2ccc(-n3ncc4cc(F)c(O)c(F)c43)cc2)ccc1Cl. The van der Waals surface area contributed by atoms with Gasteiger partial charge in [-0.3, -0.25) is 0 Å². The molecule has 2 N–H and O–H groups in total. The second-order valence-electron chi connectivity index (χ2n) is 5.73. The monoisotopic (exact) mass is 372 g/mol. The molecule has 0 atom stereocenters. The van der Waals surface area contributed by atoms with Crippen molar-refractivity contribution in [1.29, 1.82) is 0 Å². The number of hydrogen-bond donors (Lipinski definition) is 2. The summed E-state index contributed by atoms with van der Waals surface area (Å²) in [5.74, 6) is -3.16. The predicted octanol–water partition coefficient (Wildman–Crippen LogP) is 5.04. The highest BCUT2D eigenvalue weighted by Gasteiger charge is 2.17. The molecule has 0 bridgehead atoms. The maximum Gasteiger partial charge on any atom is 0.194 e. The van der Waals surface area contributed by atoms with Gasteiger partial charge in [0.05, 0.1) is 16.9 Å². The Hall–Kier alpha value is -3.12. The van der Waals surface area contributed by atoms with Crippen LogP contribution >= 0.6 is 11.6 Å². The van der Waals surface area contributed by atoms with Crippen LogP contribution in [0.1, 0.15) is 0 Å². The first kappa shape index (κ1) is 16.4. The van der Waals surface area contributed by atoms with Crippen LogP contribution in [0.4, 0.5) is 8.78 Å². The zero-order valence-corrected chi connectivity index (χ0v) is 13.9. The van der Waals surface area contributed by atoms with Crippen molar-refractivity contribution in [2.24, 2.45) is 0 Å². The number of hydrogen-bond acceptors (Lipinski definition) is 3. The quantitative estimate of drug-likeness (QED) is 0.518. The minimum Gasteiger partial charge on any atom is -0.506 e. The predicted molar refractivity (Wildman–Crippen MR) is 94.8 cm³/mol. The molecule has 0 unspecified atom stereocenters. The largest absolute Gasteiger partial charge is 0.506 e. The van der Waals surface area contributed by atoms with Crippen LogP contribution < -0.4 is 0 Å². The number of aromatic nitrogens is 2. The molecule has 3 aromatic carbocycles. The van der Waals surface area contributed by atoms with E-state index < -0.39 is 17.4 Å². The number of fused-ring (bicyclic) bond motifs is 1. The van der Waals surface area contributed by atoms with Crippen LogP contribution in [0.5, 0.6) is 11.5 Å². The summed E-state index contributed by atoms with van der Waals surface area (Å²) in [6, 6.07) is 12.9. The van der Waals surface area contributed by atoms with Gasteiger partial charge in [-0.05, 0) is 41.5 Å². The summed E-state index contributed by atoms with van der Waals surface area (Å²) in [6.07, 6.45) is 1.33. The van der Waals surface area contributed by atoms with Crippen LogP contribution in [0, 0.1) is 11.6 Å². The van der Waals surface area contributed by atoms with Gasteiger partial charge in [-0.15, -0.1) is 0 Å². The van der Waals surface area contributed by atoms with Crippen molar-refractivity contribution >= 4 is 22.5 Å². The van der Waals surface area contributed by atoms with E-state index in [1.807, 2.05) is 0 Å². The zero-order valence-electron chi connectivity index (χ0n) is 13.1. The van der Waals surface area contributed by atoms with Gasteiger partial charge < -0.3 is 10.2 Å². The van der Waals surface area contributed by atoms with Crippen molar-refractivity contribution in [2.75, 3.05) is 0 Å². The second kappa shape index (κ2) is 6.00. The molecule has 0 aliphatic rings. The standard InChI is InChI=1S/C19H11ClF2N2O2/c20-14-6-3-11(8-16(14)25)10-1-4-13(5-2-10)24-18-12(9-23-24)7-15(21)19(26)17(18)22/h1-9,25-26H. The minimum absolute atomic E-state index is 0.0132. The first-order valence-corrected chi connectivity index (χ1v) is 7.97. The van der Waals surface area contributed by atoms with Crippen molar-refractivity contribution in [3.8, 4) is 28.3 Å². The van der Waals surface area contributed by atoms with Crippen LogP contribution in [0.2, 0.25) is 5.02 Å². The van der Waals surface area contributed by atoms with Gasteiger partial charge in [0.1, 0.15) is 11.3 Å². The van der Waals surface area contributed by atoms with Gasteiger partial charge >= 0.3 is 0 Å². The third kappa shape index (κ3) is 2.55. The van der Waals surface area contributed by atoms with Gasteiger partial charge in [-0.2, -0.15) is 5.10 Å². The molecule has 0 saturated heterocycles. The average molecular weight is 373 g/mol. The van der Waals surface area contributed by atoms with E-state index >= 15 is 0 Å². The molecule has 1 aromatic heterocycles. The Balaban J connectivity index is 1.79.